The van der Waals surface area contributed by atoms with Crippen LogP contribution in [0.5, 0.6) is 0 Å². The van der Waals surface area contributed by atoms with Crippen molar-refractivity contribution in [2.45, 2.75) is 25.2 Å². The van der Waals surface area contributed by atoms with Crippen molar-refractivity contribution in [2.75, 3.05) is 37.0 Å². The third kappa shape index (κ3) is 4.82. The molecule has 1 N–H and O–H groups in total. The lowest BCUT2D eigenvalue weighted by molar-refractivity contribution is -0.0128. The standard InChI is InChI=1S/C22H28N2O3S/c1-22(2)20-15-18(16-28(25)26)7-10-21(20)24(13-14-27-22)12-11-17-5-8-19(9-6-17)23(3)4/h5-12,15H,13-14,16H2,1-4H3,(H,25,26)/b12-11+. The lowest BCUT2D eigenvalue weighted by Gasteiger charge is -2.27. The zero-order chi connectivity index (χ0) is 20.3. The van der Waals surface area contributed by atoms with E-state index in [1.54, 1.807) is 0 Å². The molecule has 0 bridgehead atoms. The van der Waals surface area contributed by atoms with Gasteiger partial charge in [0.05, 0.1) is 18.0 Å². The summed E-state index contributed by atoms with van der Waals surface area (Å²) in [6.45, 7) is 5.43. The van der Waals surface area contributed by atoms with E-state index in [0.717, 1.165) is 28.9 Å². The van der Waals surface area contributed by atoms with E-state index in [9.17, 15) is 8.76 Å². The van der Waals surface area contributed by atoms with E-state index >= 15 is 0 Å². The van der Waals surface area contributed by atoms with Crippen LogP contribution in [-0.4, -0.2) is 36.0 Å². The molecule has 0 amide bonds. The SMILES string of the molecule is CN(C)c1ccc(/C=C/N2CCOC(C)(C)c3cc(CS(=O)O)ccc32)cc1. The number of benzene rings is 2. The van der Waals surface area contributed by atoms with E-state index in [0.29, 0.717) is 6.61 Å². The molecule has 1 unspecified atom stereocenters. The van der Waals surface area contributed by atoms with Crippen molar-refractivity contribution in [3.05, 3.63) is 65.4 Å². The van der Waals surface area contributed by atoms with Gasteiger partial charge in [0.25, 0.3) is 0 Å². The van der Waals surface area contributed by atoms with Gasteiger partial charge in [-0.2, -0.15) is 0 Å². The molecule has 28 heavy (non-hydrogen) atoms. The first-order chi connectivity index (χ1) is 13.3. The second kappa shape index (κ2) is 8.47. The molecule has 150 valence electrons. The molecule has 3 rings (SSSR count). The molecule has 2 aromatic rings. The van der Waals surface area contributed by atoms with E-state index < -0.39 is 16.7 Å². The number of rotatable bonds is 5. The van der Waals surface area contributed by atoms with Crippen LogP contribution in [0.15, 0.2) is 48.7 Å². The number of ether oxygens (including phenoxy) is 1. The van der Waals surface area contributed by atoms with Crippen molar-refractivity contribution >= 4 is 28.5 Å². The third-order valence-electron chi connectivity index (χ3n) is 4.96. The molecule has 6 heteroatoms. The molecule has 0 fully saturated rings. The predicted molar refractivity (Wildman–Crippen MR) is 117 cm³/mol. The molecular weight excluding hydrogens is 372 g/mol. The molecule has 1 aliphatic heterocycles. The van der Waals surface area contributed by atoms with E-state index in [1.165, 1.54) is 5.69 Å². The van der Waals surface area contributed by atoms with Gasteiger partial charge in [-0.3, -0.25) is 0 Å². The smallest absolute Gasteiger partial charge is 0.157 e. The van der Waals surface area contributed by atoms with Crippen molar-refractivity contribution in [2.24, 2.45) is 0 Å². The average molecular weight is 401 g/mol. The highest BCUT2D eigenvalue weighted by molar-refractivity contribution is 7.78. The highest BCUT2D eigenvalue weighted by Crippen LogP contribution is 2.37. The summed E-state index contributed by atoms with van der Waals surface area (Å²) < 4.78 is 26.5. The van der Waals surface area contributed by atoms with Gasteiger partial charge in [0.2, 0.25) is 0 Å². The van der Waals surface area contributed by atoms with Crippen molar-refractivity contribution in [1.82, 2.24) is 0 Å². The largest absolute Gasteiger partial charge is 0.378 e. The summed E-state index contributed by atoms with van der Waals surface area (Å²) in [5, 5.41) is 0. The van der Waals surface area contributed by atoms with Gasteiger partial charge >= 0.3 is 0 Å². The van der Waals surface area contributed by atoms with Gasteiger partial charge in [0, 0.05) is 43.8 Å². The van der Waals surface area contributed by atoms with Crippen molar-refractivity contribution < 1.29 is 13.5 Å². The Balaban J connectivity index is 1.90. The molecule has 0 aromatic heterocycles. The third-order valence-corrected chi connectivity index (χ3v) is 5.54. The zero-order valence-electron chi connectivity index (χ0n) is 16.9. The Morgan fingerprint density at radius 3 is 2.57 bits per heavy atom. The lowest BCUT2D eigenvalue weighted by atomic mass is 9.94. The lowest BCUT2D eigenvalue weighted by Crippen LogP contribution is -2.21. The first-order valence-corrected chi connectivity index (χ1v) is 10.6. The minimum atomic E-state index is -1.86. The second-order valence-corrected chi connectivity index (χ2v) is 8.60. The van der Waals surface area contributed by atoms with Crippen LogP contribution in [0.3, 0.4) is 0 Å². The molecule has 1 heterocycles. The van der Waals surface area contributed by atoms with Gasteiger partial charge in [0.1, 0.15) is 0 Å². The van der Waals surface area contributed by atoms with Crippen molar-refractivity contribution in [3.8, 4) is 0 Å². The molecule has 1 aliphatic rings. The summed E-state index contributed by atoms with van der Waals surface area (Å²) in [4.78, 5) is 4.26. The van der Waals surface area contributed by atoms with E-state index in [1.807, 2.05) is 46.1 Å². The highest BCUT2D eigenvalue weighted by atomic mass is 32.2. The maximum atomic E-state index is 11.2. The fraction of sp³-hybridized carbons (Fsp3) is 0.364. The number of nitrogens with zero attached hydrogens (tertiary/aromatic N) is 2. The Labute approximate surface area is 169 Å². The summed E-state index contributed by atoms with van der Waals surface area (Å²) in [7, 11) is 4.06. The second-order valence-electron chi connectivity index (χ2n) is 7.67. The van der Waals surface area contributed by atoms with Gasteiger partial charge in [-0.05, 0) is 55.3 Å². The van der Waals surface area contributed by atoms with Crippen LogP contribution in [-0.2, 0) is 27.2 Å². The van der Waals surface area contributed by atoms with Crippen LogP contribution in [0.2, 0.25) is 0 Å². The van der Waals surface area contributed by atoms with Gasteiger partial charge in [-0.15, -0.1) is 0 Å². The summed E-state index contributed by atoms with van der Waals surface area (Å²) in [6.07, 6.45) is 4.18. The van der Waals surface area contributed by atoms with Crippen LogP contribution < -0.4 is 9.80 Å². The maximum Gasteiger partial charge on any atom is 0.157 e. The van der Waals surface area contributed by atoms with Crippen LogP contribution >= 0.6 is 0 Å². The average Bonchev–Trinajstić information content (AvgIpc) is 2.76. The van der Waals surface area contributed by atoms with Crippen LogP contribution in [0.25, 0.3) is 6.08 Å². The zero-order valence-corrected chi connectivity index (χ0v) is 17.7. The molecule has 0 spiro atoms. The number of hydrogen-bond acceptors (Lipinski definition) is 4. The molecule has 2 aromatic carbocycles. The fourth-order valence-corrected chi connectivity index (χ4v) is 3.82. The monoisotopic (exact) mass is 400 g/mol. The Bertz CT molecular complexity index is 876. The molecule has 1 atom stereocenters. The van der Waals surface area contributed by atoms with E-state index in [4.69, 9.17) is 4.74 Å². The number of anilines is 2. The Kier molecular flexibility index (Phi) is 6.23. The molecule has 0 saturated carbocycles. The molecule has 0 radical (unpaired) electrons. The predicted octanol–water partition coefficient (Wildman–Crippen LogP) is 4.22. The quantitative estimate of drug-likeness (QED) is 0.762. The molecule has 0 saturated heterocycles. The summed E-state index contributed by atoms with van der Waals surface area (Å²) in [5.74, 6) is 0.122. The molecular formula is C22H28N2O3S. The number of hydrogen-bond donors (Lipinski definition) is 1. The van der Waals surface area contributed by atoms with Crippen molar-refractivity contribution in [3.63, 3.8) is 0 Å². The topological polar surface area (TPSA) is 53.0 Å². The fourth-order valence-electron chi connectivity index (χ4n) is 3.36. The van der Waals surface area contributed by atoms with Crippen LogP contribution in [0, 0.1) is 0 Å². The first-order valence-electron chi connectivity index (χ1n) is 9.33. The van der Waals surface area contributed by atoms with Crippen LogP contribution in [0.1, 0.15) is 30.5 Å². The Hall–Kier alpha value is -2.15. The minimum Gasteiger partial charge on any atom is -0.378 e. The molecule has 0 aliphatic carbocycles. The molecule has 5 nitrogen and oxygen atoms in total. The highest BCUT2D eigenvalue weighted by Gasteiger charge is 2.29. The van der Waals surface area contributed by atoms with E-state index in [2.05, 4.69) is 46.3 Å². The number of fused-ring (bicyclic) bond motifs is 1. The van der Waals surface area contributed by atoms with E-state index in [-0.39, 0.29) is 5.75 Å². The van der Waals surface area contributed by atoms with Gasteiger partial charge in [-0.1, -0.05) is 18.2 Å². The van der Waals surface area contributed by atoms with Gasteiger partial charge in [-0.25, -0.2) is 4.21 Å². The minimum absolute atomic E-state index is 0.122. The maximum absolute atomic E-state index is 11.2. The Morgan fingerprint density at radius 1 is 1.21 bits per heavy atom. The summed E-state index contributed by atoms with van der Waals surface area (Å²) in [6, 6.07) is 14.3. The summed E-state index contributed by atoms with van der Waals surface area (Å²) >= 11 is -1.86. The Morgan fingerprint density at radius 2 is 1.93 bits per heavy atom. The van der Waals surface area contributed by atoms with Crippen LogP contribution in [0.4, 0.5) is 11.4 Å². The first kappa shape index (κ1) is 20.6. The van der Waals surface area contributed by atoms with Gasteiger partial charge in [0.15, 0.2) is 11.1 Å². The van der Waals surface area contributed by atoms with Gasteiger partial charge < -0.3 is 19.1 Å². The normalized spacial score (nSPS) is 17.2. The van der Waals surface area contributed by atoms with Crippen molar-refractivity contribution in [1.29, 1.82) is 0 Å². The summed E-state index contributed by atoms with van der Waals surface area (Å²) in [5.41, 5.74) is 4.77.